The Kier molecular flexibility index (Phi) is 8.50. The molecule has 0 atom stereocenters. The highest BCUT2D eigenvalue weighted by Crippen LogP contribution is 2.27. The Morgan fingerprint density at radius 3 is 2.48 bits per heavy atom. The molecule has 10 nitrogen and oxygen atoms in total. The smallest absolute Gasteiger partial charge is 0.211 e. The summed E-state index contributed by atoms with van der Waals surface area (Å²) in [6.07, 6.45) is 4.79. The van der Waals surface area contributed by atoms with E-state index in [-0.39, 0.29) is 0 Å². The van der Waals surface area contributed by atoms with E-state index in [2.05, 4.69) is 37.3 Å². The van der Waals surface area contributed by atoms with Crippen LogP contribution in [0.3, 0.4) is 0 Å². The zero-order valence-corrected chi connectivity index (χ0v) is 18.7. The third-order valence-electron chi connectivity index (χ3n) is 5.14. The molecule has 0 radical (unpaired) electrons. The molecule has 0 spiro atoms. The Labute approximate surface area is 193 Å². The molecule has 33 heavy (non-hydrogen) atoms. The molecule has 174 valence electrons. The third-order valence-corrected chi connectivity index (χ3v) is 5.14. The highest BCUT2D eigenvalue weighted by molar-refractivity contribution is 5.82. The van der Waals surface area contributed by atoms with Crippen LogP contribution in [0.25, 0.3) is 11.3 Å². The first-order valence-electron chi connectivity index (χ1n) is 10.7. The second-order valence-corrected chi connectivity index (χ2v) is 7.45. The minimum absolute atomic E-state index is 0.443. The summed E-state index contributed by atoms with van der Waals surface area (Å²) in [7, 11) is 0. The molecule has 0 unspecified atom stereocenters. The number of aromatic nitrogens is 3. The van der Waals surface area contributed by atoms with Crippen LogP contribution >= 0.6 is 0 Å². The molecule has 10 heteroatoms. The summed E-state index contributed by atoms with van der Waals surface area (Å²) < 4.78 is 5.27. The summed E-state index contributed by atoms with van der Waals surface area (Å²) >= 11 is 0. The number of aryl methyl sites for hydroxylation is 1. The van der Waals surface area contributed by atoms with Gasteiger partial charge in [-0.1, -0.05) is 24.3 Å². The van der Waals surface area contributed by atoms with Crippen molar-refractivity contribution in [3.8, 4) is 11.3 Å². The summed E-state index contributed by atoms with van der Waals surface area (Å²) in [5, 5.41) is 2.62. The Hall–Kier alpha value is -3.76. The Balaban J connectivity index is 0.000000186. The van der Waals surface area contributed by atoms with E-state index in [9.17, 15) is 4.79 Å². The van der Waals surface area contributed by atoms with Gasteiger partial charge in [0.05, 0.1) is 48.4 Å². The van der Waals surface area contributed by atoms with Gasteiger partial charge in [-0.2, -0.15) is 0 Å². The van der Waals surface area contributed by atoms with Crippen molar-refractivity contribution in [2.75, 3.05) is 54.5 Å². The van der Waals surface area contributed by atoms with E-state index < -0.39 is 0 Å². The van der Waals surface area contributed by atoms with Gasteiger partial charge in [0.15, 0.2) is 0 Å². The number of amides is 1. The van der Waals surface area contributed by atoms with Crippen molar-refractivity contribution in [2.45, 2.75) is 13.3 Å². The van der Waals surface area contributed by atoms with Gasteiger partial charge in [0.1, 0.15) is 11.6 Å². The summed E-state index contributed by atoms with van der Waals surface area (Å²) in [4.78, 5) is 25.1. The zero-order valence-electron chi connectivity index (χ0n) is 18.7. The highest BCUT2D eigenvalue weighted by Gasteiger charge is 2.15. The van der Waals surface area contributed by atoms with Gasteiger partial charge in [-0.15, -0.1) is 0 Å². The van der Waals surface area contributed by atoms with Gasteiger partial charge in [-0.05, 0) is 25.5 Å². The molecule has 4 rings (SSSR count). The fraction of sp³-hybridized carbons (Fsp3) is 0.304. The maximum absolute atomic E-state index is 10.5. The molecule has 1 amide bonds. The second-order valence-electron chi connectivity index (χ2n) is 7.45. The van der Waals surface area contributed by atoms with Crippen LogP contribution in [0.4, 0.5) is 23.0 Å². The maximum atomic E-state index is 10.5. The van der Waals surface area contributed by atoms with Gasteiger partial charge in [0.2, 0.25) is 6.41 Å². The molecule has 3 heterocycles. The predicted octanol–water partition coefficient (Wildman–Crippen LogP) is 1.60. The number of rotatable bonds is 6. The average Bonchev–Trinajstić information content (AvgIpc) is 2.84. The fourth-order valence-electron chi connectivity index (χ4n) is 3.34. The highest BCUT2D eigenvalue weighted by atomic mass is 16.5. The number of morpholine rings is 1. The first kappa shape index (κ1) is 23.9. The Morgan fingerprint density at radius 2 is 1.85 bits per heavy atom. The number of nitrogens with one attached hydrogen (secondary N) is 1. The van der Waals surface area contributed by atoms with Gasteiger partial charge < -0.3 is 32.2 Å². The number of nitrogens with zero attached hydrogens (tertiary/aromatic N) is 4. The first-order chi connectivity index (χ1) is 16.0. The second kappa shape index (κ2) is 11.7. The molecule has 0 aliphatic carbocycles. The van der Waals surface area contributed by atoms with Gasteiger partial charge >= 0.3 is 0 Å². The van der Waals surface area contributed by atoms with Crippen molar-refractivity contribution >= 4 is 29.4 Å². The van der Waals surface area contributed by atoms with Gasteiger partial charge in [0.25, 0.3) is 0 Å². The summed E-state index contributed by atoms with van der Waals surface area (Å²) in [6.45, 7) is 5.47. The number of hydrogen-bond donors (Lipinski definition) is 4. The van der Waals surface area contributed by atoms with Crippen molar-refractivity contribution in [1.29, 1.82) is 0 Å². The van der Waals surface area contributed by atoms with E-state index in [0.717, 1.165) is 42.1 Å². The summed E-state index contributed by atoms with van der Waals surface area (Å²) in [5.41, 5.74) is 22.2. The molecule has 1 aliphatic heterocycles. The maximum Gasteiger partial charge on any atom is 0.211 e. The first-order valence-corrected chi connectivity index (χ1v) is 10.7. The topological polar surface area (TPSA) is 158 Å². The van der Waals surface area contributed by atoms with Crippen molar-refractivity contribution in [3.63, 3.8) is 0 Å². The van der Waals surface area contributed by atoms with E-state index in [1.807, 2.05) is 19.1 Å². The average molecular weight is 451 g/mol. The van der Waals surface area contributed by atoms with E-state index in [1.165, 1.54) is 5.56 Å². The lowest BCUT2D eigenvalue weighted by molar-refractivity contribution is -0.105. The van der Waals surface area contributed by atoms with Crippen molar-refractivity contribution in [3.05, 3.63) is 54.0 Å². The number of benzene rings is 1. The molecule has 0 bridgehead atoms. The number of hydrogen-bond acceptors (Lipinski definition) is 9. The van der Waals surface area contributed by atoms with Crippen LogP contribution in [-0.2, 0) is 16.0 Å². The number of ether oxygens (including phenoxy) is 1. The van der Waals surface area contributed by atoms with Crippen LogP contribution in [0, 0.1) is 6.92 Å². The van der Waals surface area contributed by atoms with Gasteiger partial charge in [-0.25, -0.2) is 15.0 Å². The Morgan fingerprint density at radius 1 is 1.12 bits per heavy atom. The van der Waals surface area contributed by atoms with Crippen molar-refractivity contribution < 1.29 is 9.53 Å². The molecule has 1 fully saturated rings. The quantitative estimate of drug-likeness (QED) is 0.409. The predicted molar refractivity (Wildman–Crippen MR) is 131 cm³/mol. The van der Waals surface area contributed by atoms with E-state index in [1.54, 1.807) is 18.5 Å². The van der Waals surface area contributed by atoms with Crippen molar-refractivity contribution in [2.24, 2.45) is 5.73 Å². The normalized spacial score (nSPS) is 13.1. The van der Waals surface area contributed by atoms with Crippen LogP contribution in [0.5, 0.6) is 0 Å². The molecule has 0 saturated carbocycles. The molecule has 1 saturated heterocycles. The third kappa shape index (κ3) is 6.61. The fourth-order valence-corrected chi connectivity index (χ4v) is 3.34. The lowest BCUT2D eigenvalue weighted by atomic mass is 10.1. The molecule has 7 N–H and O–H groups in total. The molecule has 2 aromatic heterocycles. The van der Waals surface area contributed by atoms with Crippen LogP contribution < -0.4 is 27.4 Å². The van der Waals surface area contributed by atoms with Gasteiger partial charge in [-0.3, -0.25) is 4.79 Å². The van der Waals surface area contributed by atoms with Crippen LogP contribution in [-0.4, -0.2) is 54.2 Å². The summed E-state index contributed by atoms with van der Waals surface area (Å²) in [6, 6.07) is 9.96. The number of carbonyl (C=O) groups is 1. The summed E-state index contributed by atoms with van der Waals surface area (Å²) in [5.74, 6) is 0.923. The minimum Gasteiger partial charge on any atom is -0.384 e. The molecule has 1 aliphatic rings. The van der Waals surface area contributed by atoms with Crippen LogP contribution in [0.1, 0.15) is 11.3 Å². The number of pyridine rings is 1. The minimum atomic E-state index is 0.443. The lowest BCUT2D eigenvalue weighted by Crippen LogP contribution is -2.36. The largest absolute Gasteiger partial charge is 0.384 e. The number of anilines is 4. The molecular formula is C23H30N8O2. The van der Waals surface area contributed by atoms with Gasteiger partial charge in [0, 0.05) is 24.7 Å². The number of nitrogens with two attached hydrogens (primary N) is 3. The molecular weight excluding hydrogens is 420 g/mol. The monoisotopic (exact) mass is 450 g/mol. The van der Waals surface area contributed by atoms with Crippen LogP contribution in [0.2, 0.25) is 0 Å². The number of carbonyl (C=O) groups excluding carboxylic acids is 1. The molecule has 3 aromatic rings. The zero-order chi connectivity index (χ0) is 23.6. The molecule has 1 aromatic carbocycles. The van der Waals surface area contributed by atoms with E-state index in [4.69, 9.17) is 21.9 Å². The lowest BCUT2D eigenvalue weighted by Gasteiger charge is -2.30. The van der Waals surface area contributed by atoms with E-state index in [0.29, 0.717) is 43.5 Å². The number of nitrogen functional groups attached to an aromatic ring is 2. The standard InChI is InChI=1S/C13H16N4.C10H14N4O2/c1-9-13(15)16-8-12(17-9)11-4-2-10(3-5-11)6-7-14;11-10-5-9(8(6-12-10)13-7-15)14-1-3-16-4-2-14/h2-5,8H,6-7,14H2,1H3,(H2,15,16);5-7H,1-4H2,(H2,11,12)(H,13,15). The van der Waals surface area contributed by atoms with E-state index >= 15 is 0 Å². The SMILES string of the molecule is Cc1nc(-c2ccc(CCN)cc2)cnc1N.Nc1cc(N2CCOCC2)c(NC=O)cn1. The van der Waals surface area contributed by atoms with Crippen molar-refractivity contribution in [1.82, 2.24) is 15.0 Å². The Bertz CT molecular complexity index is 1050. The van der Waals surface area contributed by atoms with Crippen LogP contribution in [0.15, 0.2) is 42.7 Å².